The van der Waals surface area contributed by atoms with Gasteiger partial charge in [0.25, 0.3) is 0 Å². The van der Waals surface area contributed by atoms with Gasteiger partial charge in [-0.25, -0.2) is 0 Å². The molecule has 0 amide bonds. The Morgan fingerprint density at radius 2 is 1.75 bits per heavy atom. The molecule has 0 saturated heterocycles. The topological polar surface area (TPSA) is 43.1 Å². The van der Waals surface area contributed by atoms with Crippen molar-refractivity contribution in [1.29, 1.82) is 0 Å². The molecule has 0 bridgehead atoms. The minimum atomic E-state index is -0.0295. The number of carbonyl (C=O) groups is 1. The van der Waals surface area contributed by atoms with Crippen molar-refractivity contribution in [3.05, 3.63) is 65.2 Å². The number of rotatable bonds is 2. The van der Waals surface area contributed by atoms with E-state index >= 15 is 0 Å². The highest BCUT2D eigenvalue weighted by atomic mass is 16.1. The molecule has 0 saturated carbocycles. The zero-order valence-electron chi connectivity index (χ0n) is 9.10. The number of benzene rings is 2. The maximum Gasteiger partial charge on any atom is 0.195 e. The Morgan fingerprint density at radius 1 is 1.06 bits per heavy atom. The lowest BCUT2D eigenvalue weighted by molar-refractivity contribution is 0.103. The second kappa shape index (κ2) is 4.19. The highest BCUT2D eigenvalue weighted by Crippen LogP contribution is 2.17. The average molecular weight is 211 g/mol. The van der Waals surface area contributed by atoms with E-state index in [1.165, 1.54) is 0 Å². The van der Waals surface area contributed by atoms with Crippen molar-refractivity contribution in [2.45, 2.75) is 6.92 Å². The molecule has 0 aromatic heterocycles. The molecular weight excluding hydrogens is 198 g/mol. The zero-order valence-corrected chi connectivity index (χ0v) is 9.10. The highest BCUT2D eigenvalue weighted by molar-refractivity contribution is 6.12. The quantitative estimate of drug-likeness (QED) is 0.613. The van der Waals surface area contributed by atoms with Gasteiger partial charge in [0.05, 0.1) is 0 Å². The number of anilines is 1. The lowest BCUT2D eigenvalue weighted by Gasteiger charge is -2.05. The summed E-state index contributed by atoms with van der Waals surface area (Å²) in [7, 11) is 0. The smallest absolute Gasteiger partial charge is 0.195 e. The molecule has 80 valence electrons. The molecule has 2 aromatic rings. The number of hydrogen-bond donors (Lipinski definition) is 1. The van der Waals surface area contributed by atoms with E-state index in [0.717, 1.165) is 5.56 Å². The first-order valence-electron chi connectivity index (χ1n) is 5.14. The molecule has 0 heterocycles. The van der Waals surface area contributed by atoms with Crippen LogP contribution < -0.4 is 5.73 Å². The van der Waals surface area contributed by atoms with E-state index in [9.17, 15) is 4.79 Å². The Labute approximate surface area is 94.7 Å². The Balaban J connectivity index is 2.42. The van der Waals surface area contributed by atoms with Gasteiger partial charge in [-0.05, 0) is 24.6 Å². The fourth-order valence-corrected chi connectivity index (χ4v) is 1.63. The maximum absolute atomic E-state index is 12.1. The summed E-state index contributed by atoms with van der Waals surface area (Å²) in [5, 5.41) is 0. The van der Waals surface area contributed by atoms with Gasteiger partial charge in [0.2, 0.25) is 0 Å². The van der Waals surface area contributed by atoms with Crippen molar-refractivity contribution < 1.29 is 4.79 Å². The zero-order chi connectivity index (χ0) is 11.5. The number of hydrogen-bond acceptors (Lipinski definition) is 2. The van der Waals surface area contributed by atoms with Gasteiger partial charge in [0.15, 0.2) is 5.78 Å². The fraction of sp³-hybridized carbons (Fsp3) is 0.0714. The van der Waals surface area contributed by atoms with Crippen LogP contribution in [0.2, 0.25) is 0 Å². The molecule has 0 atom stereocenters. The van der Waals surface area contributed by atoms with Crippen LogP contribution >= 0.6 is 0 Å². The number of aryl methyl sites for hydroxylation is 1. The Morgan fingerprint density at radius 3 is 2.38 bits per heavy atom. The predicted molar refractivity (Wildman–Crippen MR) is 65.5 cm³/mol. The molecule has 2 aromatic carbocycles. The van der Waals surface area contributed by atoms with Crippen molar-refractivity contribution in [3.8, 4) is 0 Å². The molecule has 2 nitrogen and oxygen atoms in total. The van der Waals surface area contributed by atoms with Gasteiger partial charge in [-0.1, -0.05) is 36.4 Å². The largest absolute Gasteiger partial charge is 0.398 e. The predicted octanol–water partition coefficient (Wildman–Crippen LogP) is 2.81. The minimum absolute atomic E-state index is 0.0295. The van der Waals surface area contributed by atoms with Crippen molar-refractivity contribution in [2.24, 2.45) is 0 Å². The Hall–Kier alpha value is -2.09. The Bertz CT molecular complexity index is 518. The number of ketones is 1. The maximum atomic E-state index is 12.1. The molecule has 2 N–H and O–H groups in total. The van der Waals surface area contributed by atoms with Crippen molar-refractivity contribution in [3.63, 3.8) is 0 Å². The van der Waals surface area contributed by atoms with E-state index in [2.05, 4.69) is 0 Å². The Kier molecular flexibility index (Phi) is 2.73. The fourth-order valence-electron chi connectivity index (χ4n) is 1.63. The van der Waals surface area contributed by atoms with Crippen LogP contribution in [-0.2, 0) is 0 Å². The van der Waals surface area contributed by atoms with E-state index in [0.29, 0.717) is 16.8 Å². The molecule has 16 heavy (non-hydrogen) atoms. The molecule has 2 heteroatoms. The summed E-state index contributed by atoms with van der Waals surface area (Å²) >= 11 is 0. The first-order chi connectivity index (χ1) is 7.68. The molecule has 0 spiro atoms. The molecule has 2 rings (SSSR count). The van der Waals surface area contributed by atoms with Crippen LogP contribution in [0.1, 0.15) is 21.5 Å². The van der Waals surface area contributed by atoms with Crippen molar-refractivity contribution >= 4 is 11.5 Å². The molecule has 0 unspecified atom stereocenters. The summed E-state index contributed by atoms with van der Waals surface area (Å²) in [4.78, 5) is 12.1. The lowest BCUT2D eigenvalue weighted by Crippen LogP contribution is -2.05. The summed E-state index contributed by atoms with van der Waals surface area (Å²) in [5.41, 5.74) is 8.66. The molecule has 0 fully saturated rings. The van der Waals surface area contributed by atoms with Crippen LogP contribution in [0.3, 0.4) is 0 Å². The third-order valence-electron chi connectivity index (χ3n) is 2.49. The molecule has 0 radical (unpaired) electrons. The summed E-state index contributed by atoms with van der Waals surface area (Å²) in [6, 6.07) is 14.6. The monoisotopic (exact) mass is 211 g/mol. The number of carbonyl (C=O) groups excluding carboxylic acids is 1. The SMILES string of the molecule is Cc1ccc(C(=O)c2ccccc2)c(N)c1. The van der Waals surface area contributed by atoms with Crippen molar-refractivity contribution in [1.82, 2.24) is 0 Å². The summed E-state index contributed by atoms with van der Waals surface area (Å²) in [5.74, 6) is -0.0295. The van der Waals surface area contributed by atoms with Crippen LogP contribution in [-0.4, -0.2) is 5.78 Å². The van der Waals surface area contributed by atoms with E-state index in [4.69, 9.17) is 5.73 Å². The normalized spacial score (nSPS) is 10.1. The molecule has 0 aliphatic carbocycles. The van der Waals surface area contributed by atoms with Gasteiger partial charge >= 0.3 is 0 Å². The van der Waals surface area contributed by atoms with Gasteiger partial charge in [-0.3, -0.25) is 4.79 Å². The third kappa shape index (κ3) is 1.96. The van der Waals surface area contributed by atoms with Gasteiger partial charge in [-0.2, -0.15) is 0 Å². The van der Waals surface area contributed by atoms with Crippen molar-refractivity contribution in [2.75, 3.05) is 5.73 Å². The van der Waals surface area contributed by atoms with Gasteiger partial charge in [-0.15, -0.1) is 0 Å². The minimum Gasteiger partial charge on any atom is -0.398 e. The lowest BCUT2D eigenvalue weighted by atomic mass is 10.0. The molecule has 0 aliphatic rings. The van der Waals surface area contributed by atoms with Gasteiger partial charge in [0.1, 0.15) is 0 Å². The standard InChI is InChI=1S/C14H13NO/c1-10-7-8-12(13(15)9-10)14(16)11-5-3-2-4-6-11/h2-9H,15H2,1H3. The summed E-state index contributed by atoms with van der Waals surface area (Å²) in [6.45, 7) is 1.95. The van der Waals surface area contributed by atoms with Crippen LogP contribution in [0.15, 0.2) is 48.5 Å². The average Bonchev–Trinajstić information content (AvgIpc) is 2.29. The highest BCUT2D eigenvalue weighted by Gasteiger charge is 2.11. The number of nitrogen functional groups attached to an aromatic ring is 1. The first kappa shape index (κ1) is 10.4. The van der Waals surface area contributed by atoms with Crippen LogP contribution in [0.5, 0.6) is 0 Å². The van der Waals surface area contributed by atoms with Crippen LogP contribution in [0, 0.1) is 6.92 Å². The third-order valence-corrected chi connectivity index (χ3v) is 2.49. The molecule has 0 aliphatic heterocycles. The second-order valence-electron chi connectivity index (χ2n) is 3.79. The van der Waals surface area contributed by atoms with Gasteiger partial charge < -0.3 is 5.73 Å². The molecular formula is C14H13NO. The summed E-state index contributed by atoms with van der Waals surface area (Å²) < 4.78 is 0. The van der Waals surface area contributed by atoms with E-state index in [1.807, 2.05) is 37.3 Å². The van der Waals surface area contributed by atoms with E-state index in [-0.39, 0.29) is 5.78 Å². The summed E-state index contributed by atoms with van der Waals surface area (Å²) in [6.07, 6.45) is 0. The van der Waals surface area contributed by atoms with Crippen LogP contribution in [0.25, 0.3) is 0 Å². The van der Waals surface area contributed by atoms with Crippen LogP contribution in [0.4, 0.5) is 5.69 Å². The van der Waals surface area contributed by atoms with Gasteiger partial charge in [0, 0.05) is 16.8 Å². The second-order valence-corrected chi connectivity index (χ2v) is 3.79. The van der Waals surface area contributed by atoms with E-state index < -0.39 is 0 Å². The first-order valence-corrected chi connectivity index (χ1v) is 5.14. The number of nitrogens with two attached hydrogens (primary N) is 1. The van der Waals surface area contributed by atoms with E-state index in [1.54, 1.807) is 18.2 Å².